The van der Waals surface area contributed by atoms with Crippen LogP contribution in [-0.4, -0.2) is 35.0 Å². The van der Waals surface area contributed by atoms with Crippen molar-refractivity contribution >= 4 is 24.5 Å². The van der Waals surface area contributed by atoms with Crippen molar-refractivity contribution in [1.82, 2.24) is 5.32 Å². The molecule has 0 radical (unpaired) electrons. The van der Waals surface area contributed by atoms with Gasteiger partial charge in [-0.15, -0.1) is 0 Å². The summed E-state index contributed by atoms with van der Waals surface area (Å²) < 4.78 is 37.9. The number of hydrogen-bond donors (Lipinski definition) is 3. The number of nitrogens with one attached hydrogen (secondary N) is 1. The molecule has 8 heteroatoms. The molecular weight excluding hydrogens is 307 g/mol. The van der Waals surface area contributed by atoms with Gasteiger partial charge in [0.25, 0.3) is 0 Å². The van der Waals surface area contributed by atoms with E-state index < -0.39 is 35.8 Å². The van der Waals surface area contributed by atoms with Crippen LogP contribution in [-0.2, 0) is 9.59 Å². The summed E-state index contributed by atoms with van der Waals surface area (Å²) in [5, 5.41) is 11.1. The lowest BCUT2D eigenvalue weighted by Crippen LogP contribution is -2.48. The fourth-order valence-electron chi connectivity index (χ4n) is 2.59. The Balaban J connectivity index is 2.64. The van der Waals surface area contributed by atoms with Crippen LogP contribution < -0.4 is 5.32 Å². The number of hydrogen-bond acceptors (Lipinski definition) is 3. The predicted molar refractivity (Wildman–Crippen MR) is 74.2 cm³/mol. The van der Waals surface area contributed by atoms with Gasteiger partial charge in [-0.3, -0.25) is 4.79 Å². The molecule has 122 valence electrons. The summed E-state index contributed by atoms with van der Waals surface area (Å²) >= 11 is 3.53. The van der Waals surface area contributed by atoms with Crippen LogP contribution >= 0.6 is 12.6 Å². The molecule has 0 saturated heterocycles. The van der Waals surface area contributed by atoms with Crippen LogP contribution in [0.5, 0.6) is 0 Å². The molecule has 21 heavy (non-hydrogen) atoms. The molecule has 1 aliphatic rings. The first-order chi connectivity index (χ1) is 9.75. The second kappa shape index (κ2) is 7.91. The van der Waals surface area contributed by atoms with Crippen molar-refractivity contribution in [3.8, 4) is 0 Å². The van der Waals surface area contributed by atoms with Crippen LogP contribution in [0.15, 0.2) is 0 Å². The maximum Gasteiger partial charge on any atom is 0.401 e. The smallest absolute Gasteiger partial charge is 0.401 e. The molecule has 1 aliphatic carbocycles. The Morgan fingerprint density at radius 1 is 1.24 bits per heavy atom. The maximum atomic E-state index is 12.6. The third-order valence-electron chi connectivity index (χ3n) is 3.80. The van der Waals surface area contributed by atoms with E-state index in [-0.39, 0.29) is 12.3 Å². The van der Waals surface area contributed by atoms with Crippen molar-refractivity contribution in [3.05, 3.63) is 0 Å². The van der Waals surface area contributed by atoms with E-state index in [1.807, 2.05) is 5.32 Å². The van der Waals surface area contributed by atoms with Crippen molar-refractivity contribution < 1.29 is 27.9 Å². The van der Waals surface area contributed by atoms with Gasteiger partial charge in [-0.25, -0.2) is 4.79 Å². The molecule has 0 aromatic heterocycles. The first-order valence-corrected chi connectivity index (χ1v) is 7.59. The monoisotopic (exact) mass is 327 g/mol. The molecule has 1 saturated carbocycles. The highest BCUT2D eigenvalue weighted by Gasteiger charge is 2.44. The van der Waals surface area contributed by atoms with Gasteiger partial charge in [0, 0.05) is 5.75 Å². The summed E-state index contributed by atoms with van der Waals surface area (Å²) in [6.45, 7) is 0. The van der Waals surface area contributed by atoms with E-state index in [1.54, 1.807) is 0 Å². The van der Waals surface area contributed by atoms with Crippen LogP contribution in [0.3, 0.4) is 0 Å². The molecule has 0 unspecified atom stereocenters. The SMILES string of the molecule is O=C(O)[C@H](CC1CCCCC1)NC(=O)[C@@H](CS)C(F)(F)F. The highest BCUT2D eigenvalue weighted by Crippen LogP contribution is 2.29. The number of carbonyl (C=O) groups excluding carboxylic acids is 1. The number of carboxylic acids is 1. The molecule has 0 spiro atoms. The number of amides is 1. The Kier molecular flexibility index (Phi) is 6.83. The van der Waals surface area contributed by atoms with Crippen LogP contribution in [0.4, 0.5) is 13.2 Å². The van der Waals surface area contributed by atoms with Gasteiger partial charge in [-0.05, 0) is 12.3 Å². The minimum atomic E-state index is -4.72. The quantitative estimate of drug-likeness (QED) is 0.657. The lowest BCUT2D eigenvalue weighted by molar-refractivity contribution is -0.179. The Morgan fingerprint density at radius 2 is 1.81 bits per heavy atom. The lowest BCUT2D eigenvalue weighted by atomic mass is 9.84. The van der Waals surface area contributed by atoms with E-state index in [0.717, 1.165) is 32.1 Å². The van der Waals surface area contributed by atoms with Crippen molar-refractivity contribution in [2.45, 2.75) is 50.7 Å². The molecule has 2 atom stereocenters. The Bertz CT molecular complexity index is 370. The average Bonchev–Trinajstić information content (AvgIpc) is 2.38. The first-order valence-electron chi connectivity index (χ1n) is 6.96. The highest BCUT2D eigenvalue weighted by molar-refractivity contribution is 7.80. The van der Waals surface area contributed by atoms with Gasteiger partial charge in [0.2, 0.25) is 5.91 Å². The molecule has 2 N–H and O–H groups in total. The third-order valence-corrected chi connectivity index (χ3v) is 4.17. The molecule has 0 aromatic carbocycles. The van der Waals surface area contributed by atoms with Gasteiger partial charge in [-0.2, -0.15) is 25.8 Å². The summed E-state index contributed by atoms with van der Waals surface area (Å²) in [6.07, 6.45) is 0.248. The molecule has 1 rings (SSSR count). The van der Waals surface area contributed by atoms with Crippen LogP contribution in [0.25, 0.3) is 0 Å². The van der Waals surface area contributed by atoms with Gasteiger partial charge in [0.1, 0.15) is 12.0 Å². The fraction of sp³-hybridized carbons (Fsp3) is 0.846. The van der Waals surface area contributed by atoms with Crippen molar-refractivity contribution in [2.24, 2.45) is 11.8 Å². The molecular formula is C13H20F3NO3S. The van der Waals surface area contributed by atoms with E-state index in [9.17, 15) is 22.8 Å². The Hall–Kier alpha value is -0.920. The zero-order valence-corrected chi connectivity index (χ0v) is 12.4. The van der Waals surface area contributed by atoms with Crippen molar-refractivity contribution in [3.63, 3.8) is 0 Å². The van der Waals surface area contributed by atoms with E-state index in [2.05, 4.69) is 12.6 Å². The van der Waals surface area contributed by atoms with E-state index >= 15 is 0 Å². The van der Waals surface area contributed by atoms with Crippen molar-refractivity contribution in [2.75, 3.05) is 5.75 Å². The number of carboxylic acid groups (broad SMARTS) is 1. The predicted octanol–water partition coefficient (Wildman–Crippen LogP) is 2.63. The van der Waals surface area contributed by atoms with Gasteiger partial charge in [0.15, 0.2) is 0 Å². The number of thiol groups is 1. The van der Waals surface area contributed by atoms with E-state index in [1.165, 1.54) is 0 Å². The zero-order valence-electron chi connectivity index (χ0n) is 11.5. The summed E-state index contributed by atoms with van der Waals surface area (Å²) in [7, 11) is 0. The van der Waals surface area contributed by atoms with Gasteiger partial charge in [0.05, 0.1) is 0 Å². The second-order valence-electron chi connectivity index (χ2n) is 5.42. The summed E-state index contributed by atoms with van der Waals surface area (Å²) in [5.74, 6) is -5.46. The number of rotatable bonds is 6. The van der Waals surface area contributed by atoms with E-state index in [0.29, 0.717) is 0 Å². The number of aliphatic carboxylic acids is 1. The topological polar surface area (TPSA) is 66.4 Å². The minimum Gasteiger partial charge on any atom is -0.480 e. The van der Waals surface area contributed by atoms with Crippen LogP contribution in [0.2, 0.25) is 0 Å². The Morgan fingerprint density at radius 3 is 2.24 bits per heavy atom. The maximum absolute atomic E-state index is 12.6. The average molecular weight is 327 g/mol. The van der Waals surface area contributed by atoms with Crippen LogP contribution in [0.1, 0.15) is 38.5 Å². The number of carbonyl (C=O) groups is 2. The summed E-state index contributed by atoms with van der Waals surface area (Å²) in [6, 6.07) is -1.27. The van der Waals surface area contributed by atoms with Gasteiger partial charge in [-0.1, -0.05) is 32.1 Å². The molecule has 0 heterocycles. The van der Waals surface area contributed by atoms with Crippen molar-refractivity contribution in [1.29, 1.82) is 0 Å². The lowest BCUT2D eigenvalue weighted by Gasteiger charge is -2.26. The largest absolute Gasteiger partial charge is 0.480 e. The minimum absolute atomic E-state index is 0.139. The summed E-state index contributed by atoms with van der Waals surface area (Å²) in [5.41, 5.74) is 0. The number of alkyl halides is 3. The second-order valence-corrected chi connectivity index (χ2v) is 5.78. The molecule has 4 nitrogen and oxygen atoms in total. The zero-order chi connectivity index (χ0) is 16.0. The van der Waals surface area contributed by atoms with Gasteiger partial charge < -0.3 is 10.4 Å². The number of halogens is 3. The molecule has 0 bridgehead atoms. The third kappa shape index (κ3) is 5.76. The fourth-order valence-corrected chi connectivity index (χ4v) is 2.96. The standard InChI is InChI=1S/C13H20F3NO3S/c14-13(15,16)9(7-21)11(18)17-10(12(19)20)6-8-4-2-1-3-5-8/h8-10,21H,1-7H2,(H,17,18)(H,19,20)/t9-,10+/m1/s1. The van der Waals surface area contributed by atoms with E-state index in [4.69, 9.17) is 5.11 Å². The summed E-state index contributed by atoms with van der Waals surface area (Å²) in [4.78, 5) is 22.8. The molecule has 0 aromatic rings. The molecule has 1 amide bonds. The Labute approximate surface area is 126 Å². The van der Waals surface area contributed by atoms with Crippen LogP contribution in [0, 0.1) is 11.8 Å². The molecule has 0 aliphatic heterocycles. The highest BCUT2D eigenvalue weighted by atomic mass is 32.1. The normalized spacial score (nSPS) is 19.8. The first kappa shape index (κ1) is 18.1. The van der Waals surface area contributed by atoms with Gasteiger partial charge >= 0.3 is 12.1 Å². The molecule has 1 fully saturated rings.